The van der Waals surface area contributed by atoms with Crippen LogP contribution >= 0.6 is 0 Å². The fourth-order valence-corrected chi connectivity index (χ4v) is 2.04. The average Bonchev–Trinajstić information content (AvgIpc) is 2.67. The number of ether oxygens (including phenoxy) is 1. The number of oxazole rings is 1. The number of aliphatic hydroxyl groups excluding tert-OH is 1. The van der Waals surface area contributed by atoms with Crippen molar-refractivity contribution in [3.63, 3.8) is 0 Å². The Labute approximate surface area is 101 Å². The van der Waals surface area contributed by atoms with Crippen molar-refractivity contribution in [2.24, 2.45) is 5.41 Å². The van der Waals surface area contributed by atoms with E-state index in [0.717, 1.165) is 0 Å². The highest BCUT2D eigenvalue weighted by atomic mass is 16.5. The number of Topliss-reactive ketones (excluding diaryl/α,β-unsaturated/α-hetero) is 1. The molecule has 1 aromatic carbocycles. The maximum Gasteiger partial charge on any atom is 0.417 e. The van der Waals surface area contributed by atoms with Crippen LogP contribution in [0.1, 0.15) is 10.4 Å². The molecule has 0 unspecified atom stereocenters. The van der Waals surface area contributed by atoms with Crippen LogP contribution in [0.2, 0.25) is 0 Å². The number of nitrogens with one attached hydrogen (secondary N) is 1. The number of ketones is 1. The van der Waals surface area contributed by atoms with Gasteiger partial charge >= 0.3 is 5.76 Å². The van der Waals surface area contributed by atoms with E-state index in [2.05, 4.69) is 4.98 Å². The third kappa shape index (κ3) is 1.50. The minimum Gasteiger partial charge on any atom is -0.408 e. The monoisotopic (exact) mass is 249 g/mol. The van der Waals surface area contributed by atoms with Gasteiger partial charge in [0, 0.05) is 5.56 Å². The van der Waals surface area contributed by atoms with Gasteiger partial charge in [-0.2, -0.15) is 0 Å². The number of hydrogen-bond donors (Lipinski definition) is 2. The van der Waals surface area contributed by atoms with Gasteiger partial charge in [0.15, 0.2) is 11.4 Å². The first-order chi connectivity index (χ1) is 8.64. The lowest BCUT2D eigenvalue weighted by molar-refractivity contribution is -0.109. The second-order valence-electron chi connectivity index (χ2n) is 4.49. The summed E-state index contributed by atoms with van der Waals surface area (Å²) in [4.78, 5) is 25.8. The highest BCUT2D eigenvalue weighted by molar-refractivity contribution is 6.03. The van der Waals surface area contributed by atoms with Gasteiger partial charge < -0.3 is 14.3 Å². The molecule has 1 aliphatic heterocycles. The summed E-state index contributed by atoms with van der Waals surface area (Å²) in [6.45, 7) is 0.190. The zero-order valence-electron chi connectivity index (χ0n) is 9.43. The smallest absolute Gasteiger partial charge is 0.408 e. The van der Waals surface area contributed by atoms with Gasteiger partial charge in [-0.25, -0.2) is 4.79 Å². The largest absolute Gasteiger partial charge is 0.417 e. The highest BCUT2D eigenvalue weighted by Gasteiger charge is 2.45. The Morgan fingerprint density at radius 3 is 2.83 bits per heavy atom. The second-order valence-corrected chi connectivity index (χ2v) is 4.49. The van der Waals surface area contributed by atoms with Gasteiger partial charge in [0.1, 0.15) is 5.41 Å². The molecule has 94 valence electrons. The summed E-state index contributed by atoms with van der Waals surface area (Å²) < 4.78 is 9.90. The first-order valence-electron chi connectivity index (χ1n) is 5.51. The number of carbonyl (C=O) groups excluding carboxylic acids is 1. The number of benzene rings is 1. The van der Waals surface area contributed by atoms with Gasteiger partial charge in [-0.05, 0) is 18.2 Å². The third-order valence-corrected chi connectivity index (χ3v) is 3.22. The van der Waals surface area contributed by atoms with Gasteiger partial charge in [0.25, 0.3) is 0 Å². The van der Waals surface area contributed by atoms with Crippen LogP contribution in [0.5, 0.6) is 0 Å². The van der Waals surface area contributed by atoms with Crippen LogP contribution in [0.25, 0.3) is 11.1 Å². The SMILES string of the molecule is O=C(c1ccc2[nH]c(=O)oc2c1)C1(CO)COC1. The molecule has 2 aromatic rings. The molecule has 0 spiro atoms. The molecule has 3 rings (SSSR count). The van der Waals surface area contributed by atoms with Gasteiger partial charge in [0.05, 0.1) is 25.3 Å². The molecule has 0 saturated carbocycles. The zero-order valence-corrected chi connectivity index (χ0v) is 9.43. The molecule has 0 radical (unpaired) electrons. The summed E-state index contributed by atoms with van der Waals surface area (Å²) in [5, 5.41) is 9.31. The van der Waals surface area contributed by atoms with Crippen LogP contribution in [0.4, 0.5) is 0 Å². The van der Waals surface area contributed by atoms with E-state index in [1.165, 1.54) is 6.07 Å². The summed E-state index contributed by atoms with van der Waals surface area (Å²) in [7, 11) is 0. The fraction of sp³-hybridized carbons (Fsp3) is 0.333. The maximum atomic E-state index is 12.3. The number of hydrogen-bond acceptors (Lipinski definition) is 5. The van der Waals surface area contributed by atoms with Gasteiger partial charge in [-0.1, -0.05) is 0 Å². The van der Waals surface area contributed by atoms with E-state index in [9.17, 15) is 14.7 Å². The van der Waals surface area contributed by atoms with Crippen LogP contribution in [-0.2, 0) is 4.74 Å². The molecule has 6 heteroatoms. The first kappa shape index (κ1) is 11.2. The zero-order chi connectivity index (χ0) is 12.8. The minimum atomic E-state index is -0.843. The predicted octanol–water partition coefficient (Wildman–Crippen LogP) is 0.313. The molecule has 1 aromatic heterocycles. The summed E-state index contributed by atoms with van der Waals surface area (Å²) in [6, 6.07) is 4.72. The molecule has 0 bridgehead atoms. The van der Waals surface area contributed by atoms with Crippen molar-refractivity contribution >= 4 is 16.9 Å². The number of carbonyl (C=O) groups is 1. The van der Waals surface area contributed by atoms with Gasteiger partial charge in [-0.15, -0.1) is 0 Å². The molecule has 2 N–H and O–H groups in total. The Bertz CT molecular complexity index is 659. The van der Waals surface area contributed by atoms with E-state index in [1.54, 1.807) is 12.1 Å². The van der Waals surface area contributed by atoms with Crippen LogP contribution in [0.3, 0.4) is 0 Å². The van der Waals surface area contributed by atoms with Crippen molar-refractivity contribution < 1.29 is 19.1 Å². The van der Waals surface area contributed by atoms with Crippen molar-refractivity contribution in [1.29, 1.82) is 0 Å². The fourth-order valence-electron chi connectivity index (χ4n) is 2.04. The normalized spacial score (nSPS) is 17.6. The first-order valence-corrected chi connectivity index (χ1v) is 5.51. The van der Waals surface area contributed by atoms with Crippen molar-refractivity contribution in [2.45, 2.75) is 0 Å². The standard InChI is InChI=1S/C12H11NO5/c14-4-12(5-17-6-12)10(15)7-1-2-8-9(3-7)18-11(16)13-8/h1-3,14H,4-6H2,(H,13,16). The molecule has 18 heavy (non-hydrogen) atoms. The summed E-state index contributed by atoms with van der Waals surface area (Å²) >= 11 is 0. The summed E-state index contributed by atoms with van der Waals surface area (Å²) in [6.07, 6.45) is 0. The van der Waals surface area contributed by atoms with Gasteiger partial charge in [0.2, 0.25) is 0 Å². The molecule has 0 aliphatic carbocycles. The Kier molecular flexibility index (Phi) is 2.36. The molecule has 0 atom stereocenters. The molecule has 1 aliphatic rings. The molecule has 1 saturated heterocycles. The van der Waals surface area contributed by atoms with Crippen LogP contribution in [0.15, 0.2) is 27.4 Å². The van der Waals surface area contributed by atoms with Crippen molar-refractivity contribution in [3.05, 3.63) is 34.3 Å². The number of H-pyrrole nitrogens is 1. The molecular weight excluding hydrogens is 238 g/mol. The van der Waals surface area contributed by atoms with Crippen LogP contribution < -0.4 is 5.76 Å². The topological polar surface area (TPSA) is 92.5 Å². The predicted molar refractivity (Wildman–Crippen MR) is 61.5 cm³/mol. The number of fused-ring (bicyclic) bond motifs is 1. The number of aromatic nitrogens is 1. The minimum absolute atomic E-state index is 0.193. The number of rotatable bonds is 3. The van der Waals surface area contributed by atoms with Crippen LogP contribution in [0, 0.1) is 5.41 Å². The van der Waals surface area contributed by atoms with Gasteiger partial charge in [-0.3, -0.25) is 9.78 Å². The molecular formula is C12H11NO5. The Hall–Kier alpha value is -1.92. The Balaban J connectivity index is 2.03. The molecule has 2 heterocycles. The second kappa shape index (κ2) is 3.79. The highest BCUT2D eigenvalue weighted by Crippen LogP contribution is 2.31. The van der Waals surface area contributed by atoms with E-state index < -0.39 is 11.2 Å². The van der Waals surface area contributed by atoms with E-state index in [-0.39, 0.29) is 25.6 Å². The summed E-state index contributed by atoms with van der Waals surface area (Å²) in [5.41, 5.74) is 0.436. The number of aliphatic hydroxyl groups is 1. The number of aromatic amines is 1. The average molecular weight is 249 g/mol. The third-order valence-electron chi connectivity index (χ3n) is 3.22. The van der Waals surface area contributed by atoms with Crippen molar-refractivity contribution in [2.75, 3.05) is 19.8 Å². The molecule has 1 fully saturated rings. The van der Waals surface area contributed by atoms with Crippen molar-refractivity contribution in [1.82, 2.24) is 4.98 Å². The Morgan fingerprint density at radius 1 is 1.44 bits per heavy atom. The lowest BCUT2D eigenvalue weighted by Crippen LogP contribution is -2.51. The molecule has 0 amide bonds. The lowest BCUT2D eigenvalue weighted by atomic mass is 9.79. The maximum absolute atomic E-state index is 12.3. The van der Waals surface area contributed by atoms with E-state index in [1.807, 2.05) is 0 Å². The van der Waals surface area contributed by atoms with E-state index in [4.69, 9.17) is 9.15 Å². The van der Waals surface area contributed by atoms with Crippen LogP contribution in [-0.4, -0.2) is 35.7 Å². The lowest BCUT2D eigenvalue weighted by Gasteiger charge is -2.38. The van der Waals surface area contributed by atoms with E-state index in [0.29, 0.717) is 16.7 Å². The molecule has 6 nitrogen and oxygen atoms in total. The Morgan fingerprint density at radius 2 is 2.22 bits per heavy atom. The summed E-state index contributed by atoms with van der Waals surface area (Å²) in [5.74, 6) is -0.750. The van der Waals surface area contributed by atoms with Crippen molar-refractivity contribution in [3.8, 4) is 0 Å². The van der Waals surface area contributed by atoms with E-state index >= 15 is 0 Å². The quantitative estimate of drug-likeness (QED) is 0.764.